The summed E-state index contributed by atoms with van der Waals surface area (Å²) < 4.78 is 10.7. The second-order valence-electron chi connectivity index (χ2n) is 6.51. The number of aliphatic hydroxyl groups is 1. The van der Waals surface area contributed by atoms with Gasteiger partial charge in [0.15, 0.2) is 5.75 Å². The average molecular weight is 369 g/mol. The molecule has 0 aliphatic heterocycles. The van der Waals surface area contributed by atoms with Crippen LogP contribution in [0.4, 0.5) is 5.69 Å². The van der Waals surface area contributed by atoms with Crippen molar-refractivity contribution in [3.05, 3.63) is 51.4 Å². The lowest BCUT2D eigenvalue weighted by molar-refractivity contribution is -0.385. The van der Waals surface area contributed by atoms with E-state index in [0.717, 1.165) is 42.4 Å². The molecule has 2 aliphatic rings. The number of benzene rings is 1. The van der Waals surface area contributed by atoms with E-state index < -0.39 is 4.92 Å². The molecule has 140 valence electrons. The Hall–Kier alpha value is -3.00. The molecule has 1 heterocycles. The fraction of sp³-hybridized carbons (Fsp3) is 0.368. The molecule has 0 saturated carbocycles. The zero-order chi connectivity index (χ0) is 19.0. The van der Waals surface area contributed by atoms with Crippen molar-refractivity contribution in [3.8, 4) is 17.2 Å². The minimum Gasteiger partial charge on any atom is -0.487 e. The Balaban J connectivity index is 1.67. The highest BCUT2D eigenvalue weighted by atomic mass is 16.6. The molecule has 0 radical (unpaired) electrons. The average Bonchev–Trinajstić information content (AvgIpc) is 3.30. The van der Waals surface area contributed by atoms with E-state index in [4.69, 9.17) is 9.26 Å². The lowest BCUT2D eigenvalue weighted by Crippen LogP contribution is -2.07. The second-order valence-corrected chi connectivity index (χ2v) is 6.51. The van der Waals surface area contributed by atoms with E-state index in [0.29, 0.717) is 18.0 Å². The van der Waals surface area contributed by atoms with E-state index in [1.54, 1.807) is 13.0 Å². The van der Waals surface area contributed by atoms with Crippen LogP contribution in [0.15, 0.2) is 39.9 Å². The number of aliphatic hydroxyl groups excluding tert-OH is 1. The standard InChI is InChI=1S/C19H19N3O5/c1-2-26-17-9-6-11(10-15(17)22(24)25)19-20-18(21-27-19)14-5-3-4-13-12(14)7-8-16(13)23/h5-6,9-10,16,23H,2-4,7-8H2,1H3. The summed E-state index contributed by atoms with van der Waals surface area (Å²) in [6.07, 6.45) is 4.87. The van der Waals surface area contributed by atoms with Crippen LogP contribution < -0.4 is 4.74 Å². The Morgan fingerprint density at radius 3 is 3.04 bits per heavy atom. The SMILES string of the molecule is CCOc1ccc(-c2nc(C3=CCCC4=C3CCC4O)no2)cc1[N+](=O)[O-]. The number of hydrogen-bond acceptors (Lipinski definition) is 7. The Morgan fingerprint density at radius 2 is 2.26 bits per heavy atom. The second kappa shape index (κ2) is 6.96. The maximum atomic E-state index is 11.3. The molecule has 1 aromatic heterocycles. The number of aromatic nitrogens is 2. The predicted molar refractivity (Wildman–Crippen MR) is 97.0 cm³/mol. The van der Waals surface area contributed by atoms with Crippen LogP contribution in [-0.2, 0) is 0 Å². The van der Waals surface area contributed by atoms with Gasteiger partial charge in [-0.05, 0) is 55.9 Å². The molecule has 0 spiro atoms. The molecule has 0 amide bonds. The van der Waals surface area contributed by atoms with Gasteiger partial charge in [-0.3, -0.25) is 10.1 Å². The quantitative estimate of drug-likeness (QED) is 0.632. The number of nitro benzene ring substituents is 1. The van der Waals surface area contributed by atoms with Gasteiger partial charge in [0.1, 0.15) is 0 Å². The Labute approximate surface area is 155 Å². The molecule has 1 aromatic carbocycles. The first-order valence-electron chi connectivity index (χ1n) is 8.94. The first-order chi connectivity index (χ1) is 13.1. The first-order valence-corrected chi connectivity index (χ1v) is 8.94. The van der Waals surface area contributed by atoms with E-state index >= 15 is 0 Å². The summed E-state index contributed by atoms with van der Waals surface area (Å²) >= 11 is 0. The van der Waals surface area contributed by atoms with Gasteiger partial charge >= 0.3 is 5.69 Å². The van der Waals surface area contributed by atoms with E-state index in [1.807, 2.05) is 0 Å². The highest BCUT2D eigenvalue weighted by Crippen LogP contribution is 2.41. The normalized spacial score (nSPS) is 19.0. The molecule has 27 heavy (non-hydrogen) atoms. The minimum absolute atomic E-state index is 0.144. The smallest absolute Gasteiger partial charge is 0.311 e. The molecule has 1 N–H and O–H groups in total. The van der Waals surface area contributed by atoms with Crippen molar-refractivity contribution in [2.75, 3.05) is 6.61 Å². The summed E-state index contributed by atoms with van der Waals surface area (Å²) in [5.74, 6) is 0.863. The highest BCUT2D eigenvalue weighted by Gasteiger charge is 2.30. The molecule has 1 atom stereocenters. The topological polar surface area (TPSA) is 112 Å². The van der Waals surface area contributed by atoms with Gasteiger partial charge in [0.25, 0.3) is 5.89 Å². The fourth-order valence-corrected chi connectivity index (χ4v) is 3.68. The molecule has 8 nitrogen and oxygen atoms in total. The Morgan fingerprint density at radius 1 is 1.41 bits per heavy atom. The molecule has 2 aromatic rings. The summed E-state index contributed by atoms with van der Waals surface area (Å²) in [5, 5.41) is 25.5. The molecule has 0 bridgehead atoms. The van der Waals surface area contributed by atoms with Crippen LogP contribution in [0.1, 0.15) is 38.4 Å². The monoisotopic (exact) mass is 369 g/mol. The largest absolute Gasteiger partial charge is 0.487 e. The van der Waals surface area contributed by atoms with Gasteiger partial charge < -0.3 is 14.4 Å². The fourth-order valence-electron chi connectivity index (χ4n) is 3.68. The van der Waals surface area contributed by atoms with Gasteiger partial charge in [-0.2, -0.15) is 4.98 Å². The van der Waals surface area contributed by atoms with Gasteiger partial charge in [-0.15, -0.1) is 0 Å². The van der Waals surface area contributed by atoms with E-state index in [-0.39, 0.29) is 23.4 Å². The van der Waals surface area contributed by atoms with Crippen molar-refractivity contribution in [2.24, 2.45) is 0 Å². The summed E-state index contributed by atoms with van der Waals surface area (Å²) in [5.41, 5.74) is 3.37. The molecule has 0 fully saturated rings. The van der Waals surface area contributed by atoms with Crippen molar-refractivity contribution < 1.29 is 19.3 Å². The summed E-state index contributed by atoms with van der Waals surface area (Å²) in [7, 11) is 0. The number of rotatable bonds is 5. The summed E-state index contributed by atoms with van der Waals surface area (Å²) in [6.45, 7) is 2.10. The number of ether oxygens (including phenoxy) is 1. The highest BCUT2D eigenvalue weighted by molar-refractivity contribution is 5.79. The third-order valence-corrected chi connectivity index (χ3v) is 4.91. The van der Waals surface area contributed by atoms with Crippen molar-refractivity contribution in [3.63, 3.8) is 0 Å². The zero-order valence-corrected chi connectivity index (χ0v) is 14.8. The Kier molecular flexibility index (Phi) is 4.49. The van der Waals surface area contributed by atoms with Crippen LogP contribution in [0.25, 0.3) is 17.0 Å². The number of hydrogen-bond donors (Lipinski definition) is 1. The van der Waals surface area contributed by atoms with Crippen LogP contribution >= 0.6 is 0 Å². The third kappa shape index (κ3) is 3.12. The van der Waals surface area contributed by atoms with E-state index in [9.17, 15) is 15.2 Å². The predicted octanol–water partition coefficient (Wildman–Crippen LogP) is 3.67. The van der Waals surface area contributed by atoms with Crippen molar-refractivity contribution >= 4 is 11.3 Å². The van der Waals surface area contributed by atoms with E-state index in [2.05, 4.69) is 16.2 Å². The summed E-state index contributed by atoms with van der Waals surface area (Å²) in [4.78, 5) is 15.3. The van der Waals surface area contributed by atoms with Crippen LogP contribution in [-0.4, -0.2) is 32.9 Å². The molecule has 4 rings (SSSR count). The molecule has 0 saturated heterocycles. The van der Waals surface area contributed by atoms with Crippen LogP contribution in [0.5, 0.6) is 5.75 Å². The van der Waals surface area contributed by atoms with Gasteiger partial charge in [0, 0.05) is 17.2 Å². The lowest BCUT2D eigenvalue weighted by atomic mass is 9.92. The number of nitrogens with zero attached hydrogens (tertiary/aromatic N) is 3. The molecular weight excluding hydrogens is 350 g/mol. The zero-order valence-electron chi connectivity index (χ0n) is 14.8. The van der Waals surface area contributed by atoms with Crippen molar-refractivity contribution in [2.45, 2.75) is 38.7 Å². The Bertz CT molecular complexity index is 960. The maximum Gasteiger partial charge on any atom is 0.311 e. The number of allylic oxidation sites excluding steroid dienone is 3. The maximum absolute atomic E-state index is 11.3. The molecular formula is C19H19N3O5. The van der Waals surface area contributed by atoms with Crippen LogP contribution in [0, 0.1) is 10.1 Å². The van der Waals surface area contributed by atoms with E-state index in [1.165, 1.54) is 12.1 Å². The molecule has 8 heteroatoms. The van der Waals surface area contributed by atoms with Gasteiger partial charge in [-0.25, -0.2) is 0 Å². The van der Waals surface area contributed by atoms with Gasteiger partial charge in [0.05, 0.1) is 17.6 Å². The number of nitro groups is 1. The van der Waals surface area contributed by atoms with Gasteiger partial charge in [0.2, 0.25) is 5.82 Å². The lowest BCUT2D eigenvalue weighted by Gasteiger charge is -2.15. The van der Waals surface area contributed by atoms with Gasteiger partial charge in [-0.1, -0.05) is 11.2 Å². The van der Waals surface area contributed by atoms with Crippen LogP contribution in [0.2, 0.25) is 0 Å². The van der Waals surface area contributed by atoms with Crippen molar-refractivity contribution in [1.82, 2.24) is 10.1 Å². The molecule has 2 aliphatic carbocycles. The summed E-state index contributed by atoms with van der Waals surface area (Å²) in [6, 6.07) is 4.57. The molecule has 1 unspecified atom stereocenters. The third-order valence-electron chi connectivity index (χ3n) is 4.91. The first kappa shape index (κ1) is 17.4. The van der Waals surface area contributed by atoms with Crippen LogP contribution in [0.3, 0.4) is 0 Å². The minimum atomic E-state index is -0.494. The van der Waals surface area contributed by atoms with Crippen molar-refractivity contribution in [1.29, 1.82) is 0 Å².